The fraction of sp³-hybridized carbons (Fsp3) is 0.850. The minimum atomic E-state index is -0.844. The number of carboxylic acids is 1. The second-order valence-electron chi connectivity index (χ2n) is 8.38. The van der Waals surface area contributed by atoms with Gasteiger partial charge >= 0.3 is 11.9 Å². The monoisotopic (exact) mass is 371 g/mol. The summed E-state index contributed by atoms with van der Waals surface area (Å²) in [5.41, 5.74) is -0.175. The van der Waals surface area contributed by atoms with Crippen molar-refractivity contribution in [2.75, 3.05) is 7.05 Å². The van der Waals surface area contributed by atoms with Gasteiger partial charge in [0.1, 0.15) is 6.10 Å². The maximum atomic E-state index is 12.4. The van der Waals surface area contributed by atoms with Crippen LogP contribution in [-0.4, -0.2) is 36.1 Å². The van der Waals surface area contributed by atoms with Crippen molar-refractivity contribution in [3.63, 3.8) is 0 Å². The summed E-state index contributed by atoms with van der Waals surface area (Å²) in [6, 6.07) is 0. The first-order valence-electron chi connectivity index (χ1n) is 9.60. The van der Waals surface area contributed by atoms with E-state index in [1.54, 1.807) is 14.0 Å². The molecule has 6 nitrogen and oxygen atoms in total. The maximum Gasteiger partial charge on any atom is 0.308 e. The number of aliphatic carboxylic acids is 1. The lowest BCUT2D eigenvalue weighted by atomic mass is 9.82. The molecule has 0 rings (SSSR count). The summed E-state index contributed by atoms with van der Waals surface area (Å²) in [5.74, 6) is -1.01. The number of rotatable bonds is 12. The summed E-state index contributed by atoms with van der Waals surface area (Å²) >= 11 is 0. The second-order valence-corrected chi connectivity index (χ2v) is 8.38. The van der Waals surface area contributed by atoms with Gasteiger partial charge in [-0.3, -0.25) is 14.4 Å². The quantitative estimate of drug-likeness (QED) is 0.509. The molecule has 0 saturated heterocycles. The van der Waals surface area contributed by atoms with E-state index >= 15 is 0 Å². The van der Waals surface area contributed by atoms with Crippen LogP contribution in [0.5, 0.6) is 0 Å². The van der Waals surface area contributed by atoms with E-state index in [0.29, 0.717) is 25.2 Å². The van der Waals surface area contributed by atoms with Crippen molar-refractivity contribution in [3.8, 4) is 0 Å². The van der Waals surface area contributed by atoms with Gasteiger partial charge < -0.3 is 15.2 Å². The van der Waals surface area contributed by atoms with Crippen LogP contribution in [0.25, 0.3) is 0 Å². The molecule has 0 aliphatic rings. The highest BCUT2D eigenvalue weighted by molar-refractivity contribution is 5.75. The molecule has 0 spiro atoms. The number of amides is 1. The van der Waals surface area contributed by atoms with Gasteiger partial charge in [-0.25, -0.2) is 0 Å². The summed E-state index contributed by atoms with van der Waals surface area (Å²) in [4.78, 5) is 34.3. The average Bonchev–Trinajstić information content (AvgIpc) is 2.52. The molecular formula is C20H37NO5. The molecule has 0 aliphatic heterocycles. The summed E-state index contributed by atoms with van der Waals surface area (Å²) in [6.07, 6.45) is 3.86. The van der Waals surface area contributed by atoms with Gasteiger partial charge in [0.15, 0.2) is 0 Å². The highest BCUT2D eigenvalue weighted by Crippen LogP contribution is 2.30. The lowest BCUT2D eigenvalue weighted by Crippen LogP contribution is -2.35. The first-order chi connectivity index (χ1) is 12.0. The third-order valence-electron chi connectivity index (χ3n) is 4.65. The van der Waals surface area contributed by atoms with E-state index in [0.717, 1.165) is 19.3 Å². The number of esters is 1. The fourth-order valence-electron chi connectivity index (χ4n) is 2.73. The molecule has 26 heavy (non-hydrogen) atoms. The third-order valence-corrected chi connectivity index (χ3v) is 4.65. The molecule has 0 saturated carbocycles. The predicted octanol–water partition coefficient (Wildman–Crippen LogP) is 3.78. The molecule has 0 unspecified atom stereocenters. The molecule has 0 bridgehead atoms. The summed E-state index contributed by atoms with van der Waals surface area (Å²) in [6.45, 7) is 10.1. The van der Waals surface area contributed by atoms with E-state index < -0.39 is 5.97 Å². The zero-order valence-corrected chi connectivity index (χ0v) is 17.3. The first-order valence-corrected chi connectivity index (χ1v) is 9.60. The van der Waals surface area contributed by atoms with Crippen molar-refractivity contribution >= 4 is 17.8 Å². The standard InChI is InChI=1S/C20H37NO5/c1-14(9-7-11-17(22)21-6)13-16(20(3,4)5)26-19(25)15(2)10-8-12-18(23)24/h14-16H,7-13H2,1-6H3,(H,21,22)(H,23,24)/t14-,15-,16-/m1/s1. The maximum absolute atomic E-state index is 12.4. The number of hydrogen-bond donors (Lipinski definition) is 2. The summed E-state index contributed by atoms with van der Waals surface area (Å²) < 4.78 is 5.79. The molecule has 0 aromatic rings. The zero-order valence-electron chi connectivity index (χ0n) is 17.3. The van der Waals surface area contributed by atoms with Crippen molar-refractivity contribution in [1.29, 1.82) is 0 Å². The van der Waals surface area contributed by atoms with E-state index in [1.165, 1.54) is 0 Å². The molecule has 2 N–H and O–H groups in total. The van der Waals surface area contributed by atoms with Gasteiger partial charge in [0.05, 0.1) is 5.92 Å². The Morgan fingerprint density at radius 3 is 2.12 bits per heavy atom. The highest BCUT2D eigenvalue weighted by atomic mass is 16.5. The Bertz CT molecular complexity index is 456. The van der Waals surface area contributed by atoms with E-state index in [4.69, 9.17) is 9.84 Å². The van der Waals surface area contributed by atoms with Crippen LogP contribution in [-0.2, 0) is 19.1 Å². The molecule has 0 fully saturated rings. The molecule has 152 valence electrons. The lowest BCUT2D eigenvalue weighted by Gasteiger charge is -2.33. The highest BCUT2D eigenvalue weighted by Gasteiger charge is 2.31. The SMILES string of the molecule is CNC(=O)CCC[C@@H](C)C[C@@H](OC(=O)[C@H](C)CCCC(=O)O)C(C)(C)C. The van der Waals surface area contributed by atoms with E-state index in [9.17, 15) is 14.4 Å². The van der Waals surface area contributed by atoms with Gasteiger partial charge in [0, 0.05) is 19.9 Å². The smallest absolute Gasteiger partial charge is 0.308 e. The Kier molecular flexibility index (Phi) is 11.2. The molecule has 0 radical (unpaired) electrons. The van der Waals surface area contributed by atoms with Gasteiger partial charge in [-0.1, -0.05) is 41.0 Å². The first kappa shape index (κ1) is 24.4. The van der Waals surface area contributed by atoms with Crippen molar-refractivity contribution in [2.24, 2.45) is 17.3 Å². The van der Waals surface area contributed by atoms with Crippen LogP contribution in [0.2, 0.25) is 0 Å². The van der Waals surface area contributed by atoms with Crippen LogP contribution in [0.4, 0.5) is 0 Å². The molecule has 0 heterocycles. The van der Waals surface area contributed by atoms with Crippen LogP contribution in [0.15, 0.2) is 0 Å². The predicted molar refractivity (Wildman–Crippen MR) is 102 cm³/mol. The van der Waals surface area contributed by atoms with Crippen LogP contribution in [0, 0.1) is 17.3 Å². The van der Waals surface area contributed by atoms with Crippen LogP contribution < -0.4 is 5.32 Å². The van der Waals surface area contributed by atoms with Crippen molar-refractivity contribution in [2.45, 2.75) is 85.7 Å². The van der Waals surface area contributed by atoms with Crippen molar-refractivity contribution in [3.05, 3.63) is 0 Å². The number of carboxylic acid groups (broad SMARTS) is 1. The Hall–Kier alpha value is -1.59. The van der Waals surface area contributed by atoms with Crippen LogP contribution in [0.3, 0.4) is 0 Å². The zero-order chi connectivity index (χ0) is 20.3. The molecule has 3 atom stereocenters. The Morgan fingerprint density at radius 1 is 1.04 bits per heavy atom. The number of nitrogens with one attached hydrogen (secondary N) is 1. The van der Waals surface area contributed by atoms with E-state index in [-0.39, 0.29) is 35.7 Å². The normalized spacial score (nSPS) is 15.0. The van der Waals surface area contributed by atoms with Crippen LogP contribution >= 0.6 is 0 Å². The summed E-state index contributed by atoms with van der Waals surface area (Å²) in [7, 11) is 1.64. The van der Waals surface area contributed by atoms with Crippen LogP contribution in [0.1, 0.15) is 79.6 Å². The molecular weight excluding hydrogens is 334 g/mol. The van der Waals surface area contributed by atoms with Crippen molar-refractivity contribution < 1.29 is 24.2 Å². The topological polar surface area (TPSA) is 92.7 Å². The second kappa shape index (κ2) is 11.9. The minimum Gasteiger partial charge on any atom is -0.481 e. The van der Waals surface area contributed by atoms with Gasteiger partial charge in [0.25, 0.3) is 0 Å². The van der Waals surface area contributed by atoms with Gasteiger partial charge in [-0.2, -0.15) is 0 Å². The summed E-state index contributed by atoms with van der Waals surface area (Å²) in [5, 5.41) is 11.3. The fourth-order valence-corrected chi connectivity index (χ4v) is 2.73. The average molecular weight is 372 g/mol. The number of hydrogen-bond acceptors (Lipinski definition) is 4. The number of ether oxygens (including phenoxy) is 1. The number of carbonyl (C=O) groups excluding carboxylic acids is 2. The lowest BCUT2D eigenvalue weighted by molar-refractivity contribution is -0.161. The van der Waals surface area contributed by atoms with Gasteiger partial charge in [0.2, 0.25) is 5.91 Å². The van der Waals surface area contributed by atoms with E-state index in [1.807, 2.05) is 0 Å². The largest absolute Gasteiger partial charge is 0.481 e. The van der Waals surface area contributed by atoms with Crippen molar-refractivity contribution in [1.82, 2.24) is 5.32 Å². The minimum absolute atomic E-state index is 0.0474. The number of carbonyl (C=O) groups is 3. The van der Waals surface area contributed by atoms with Gasteiger partial charge in [-0.15, -0.1) is 0 Å². The molecule has 6 heteroatoms. The van der Waals surface area contributed by atoms with E-state index in [2.05, 4.69) is 33.0 Å². The molecule has 0 aromatic heterocycles. The molecule has 1 amide bonds. The Balaban J connectivity index is 4.53. The van der Waals surface area contributed by atoms with Gasteiger partial charge in [-0.05, 0) is 37.0 Å². The Labute approximate surface area is 158 Å². The third kappa shape index (κ3) is 11.1. The molecule has 0 aliphatic carbocycles. The molecule has 0 aromatic carbocycles. The Morgan fingerprint density at radius 2 is 1.62 bits per heavy atom.